The van der Waals surface area contributed by atoms with E-state index >= 15 is 0 Å². The Bertz CT molecular complexity index is 1310. The second-order valence-electron chi connectivity index (χ2n) is 6.56. The molecule has 1 unspecified atom stereocenters. The molecule has 0 amide bonds. The maximum atomic E-state index is 9.05. The molecule has 33 heavy (non-hydrogen) atoms. The van der Waals surface area contributed by atoms with Gasteiger partial charge in [-0.25, -0.2) is 9.98 Å². The molecule has 1 aliphatic heterocycles. The number of rotatable bonds is 5. The second-order valence-corrected chi connectivity index (χ2v) is 9.81. The lowest BCUT2D eigenvalue weighted by Crippen LogP contribution is -2.28. The van der Waals surface area contributed by atoms with Crippen LogP contribution in [0.3, 0.4) is 0 Å². The van der Waals surface area contributed by atoms with E-state index in [1.807, 2.05) is 40.7 Å². The summed E-state index contributed by atoms with van der Waals surface area (Å²) in [6, 6.07) is 28.4. The monoisotopic (exact) mass is 482 g/mol. The van der Waals surface area contributed by atoms with Gasteiger partial charge < -0.3 is 0 Å². The maximum absolute atomic E-state index is 9.05. The smallest absolute Gasteiger partial charge is 0.192 e. The van der Waals surface area contributed by atoms with E-state index in [2.05, 4.69) is 23.2 Å². The van der Waals surface area contributed by atoms with Crippen LogP contribution in [0.2, 0.25) is 0 Å². The van der Waals surface area contributed by atoms with Crippen LogP contribution in [0.4, 0.5) is 0 Å². The molecule has 9 heteroatoms. The van der Waals surface area contributed by atoms with Crippen molar-refractivity contribution in [3.63, 3.8) is 0 Å². The number of nitriles is 3. The minimum Gasteiger partial charge on any atom is -0.269 e. The van der Waals surface area contributed by atoms with E-state index in [0.717, 1.165) is 14.7 Å². The average molecular weight is 483 g/mol. The highest BCUT2D eigenvalue weighted by atomic mass is 32.2. The van der Waals surface area contributed by atoms with E-state index in [9.17, 15) is 0 Å². The molecule has 1 atom stereocenters. The van der Waals surface area contributed by atoms with Crippen molar-refractivity contribution in [3.8, 4) is 18.2 Å². The van der Waals surface area contributed by atoms with Gasteiger partial charge in [0.25, 0.3) is 0 Å². The van der Waals surface area contributed by atoms with Gasteiger partial charge in [0.1, 0.15) is 6.34 Å². The van der Waals surface area contributed by atoms with Crippen LogP contribution in [0.15, 0.2) is 97.5 Å². The first-order valence-electron chi connectivity index (χ1n) is 9.60. The molecule has 0 saturated carbocycles. The van der Waals surface area contributed by atoms with E-state index < -0.39 is 0 Å². The molecular formula is C24H14N6S3. The summed E-state index contributed by atoms with van der Waals surface area (Å²) in [6.45, 7) is 0. The van der Waals surface area contributed by atoms with Crippen molar-refractivity contribution in [1.82, 2.24) is 4.31 Å². The summed E-state index contributed by atoms with van der Waals surface area (Å²) in [4.78, 5) is 12.2. The lowest BCUT2D eigenvalue weighted by atomic mass is 10.2. The van der Waals surface area contributed by atoms with E-state index in [1.54, 1.807) is 54.5 Å². The lowest BCUT2D eigenvalue weighted by molar-refractivity contribution is 0.651. The Labute approximate surface area is 204 Å². The number of benzene rings is 3. The third-order valence-corrected chi connectivity index (χ3v) is 7.44. The zero-order valence-corrected chi connectivity index (χ0v) is 19.4. The number of nitrogens with zero attached hydrogens (tertiary/aromatic N) is 6. The Hall–Kier alpha value is -3.68. The molecule has 158 valence electrons. The van der Waals surface area contributed by atoms with Crippen molar-refractivity contribution in [1.29, 1.82) is 15.8 Å². The highest BCUT2D eigenvalue weighted by Gasteiger charge is 2.23. The highest BCUT2D eigenvalue weighted by Crippen LogP contribution is 2.36. The molecule has 3 aromatic carbocycles. The topological polar surface area (TPSA) is 99.3 Å². The molecule has 6 nitrogen and oxygen atoms in total. The molecule has 0 spiro atoms. The number of thioether (sulfide) groups is 2. The van der Waals surface area contributed by atoms with Crippen molar-refractivity contribution >= 4 is 47.0 Å². The van der Waals surface area contributed by atoms with Gasteiger partial charge >= 0.3 is 0 Å². The summed E-state index contributed by atoms with van der Waals surface area (Å²) in [7, 11) is 0. The van der Waals surface area contributed by atoms with Crippen LogP contribution in [-0.4, -0.2) is 21.3 Å². The van der Waals surface area contributed by atoms with Gasteiger partial charge in [-0.3, -0.25) is 4.31 Å². The summed E-state index contributed by atoms with van der Waals surface area (Å²) in [5, 5.41) is 27.7. The number of hydrogen-bond donors (Lipinski definition) is 0. The van der Waals surface area contributed by atoms with Gasteiger partial charge in [0, 0.05) is 14.7 Å². The number of amidine groups is 1. The first kappa shape index (κ1) is 22.5. The molecular weight excluding hydrogens is 469 g/mol. The summed E-state index contributed by atoms with van der Waals surface area (Å²) in [6.07, 6.45) is 1.75. The molecule has 0 aromatic heterocycles. The van der Waals surface area contributed by atoms with Crippen molar-refractivity contribution < 1.29 is 0 Å². The maximum Gasteiger partial charge on any atom is 0.192 e. The zero-order valence-electron chi connectivity index (χ0n) is 17.0. The number of aliphatic imine (C=N–C) groups is 2. The fourth-order valence-electron chi connectivity index (χ4n) is 2.69. The van der Waals surface area contributed by atoms with Crippen LogP contribution >= 0.6 is 35.5 Å². The predicted molar refractivity (Wildman–Crippen MR) is 133 cm³/mol. The third kappa shape index (κ3) is 5.97. The Morgan fingerprint density at radius 1 is 0.667 bits per heavy atom. The normalized spacial score (nSPS) is 14.6. The molecule has 0 fully saturated rings. The molecule has 0 saturated heterocycles. The molecule has 4 rings (SSSR count). The van der Waals surface area contributed by atoms with E-state index in [0.29, 0.717) is 21.9 Å². The molecule has 0 radical (unpaired) electrons. The first-order valence-corrected chi connectivity index (χ1v) is 12.1. The van der Waals surface area contributed by atoms with Gasteiger partial charge in [0.05, 0.1) is 34.9 Å². The van der Waals surface area contributed by atoms with Gasteiger partial charge in [-0.2, -0.15) is 15.8 Å². The summed E-state index contributed by atoms with van der Waals surface area (Å²) in [5.41, 5.74) is 1.52. The van der Waals surface area contributed by atoms with Gasteiger partial charge in [0.15, 0.2) is 10.7 Å². The van der Waals surface area contributed by atoms with Crippen LogP contribution in [0.5, 0.6) is 0 Å². The van der Waals surface area contributed by atoms with Crippen molar-refractivity contribution in [2.45, 2.75) is 20.2 Å². The van der Waals surface area contributed by atoms with Crippen LogP contribution in [0.1, 0.15) is 16.7 Å². The van der Waals surface area contributed by atoms with Gasteiger partial charge in [-0.1, -0.05) is 23.5 Å². The van der Waals surface area contributed by atoms with Crippen molar-refractivity contribution in [3.05, 3.63) is 89.5 Å². The molecule has 0 bridgehead atoms. The summed E-state index contributed by atoms with van der Waals surface area (Å²) in [5.74, 6) is 0. The van der Waals surface area contributed by atoms with Crippen LogP contribution in [0, 0.1) is 34.0 Å². The fraction of sp³-hybridized carbons (Fsp3) is 0.0417. The Kier molecular flexibility index (Phi) is 7.34. The van der Waals surface area contributed by atoms with E-state index in [4.69, 9.17) is 20.8 Å². The summed E-state index contributed by atoms with van der Waals surface area (Å²) < 4.78 is 1.95. The quantitative estimate of drug-likeness (QED) is 0.419. The second kappa shape index (κ2) is 10.8. The molecule has 0 aliphatic carbocycles. The highest BCUT2D eigenvalue weighted by molar-refractivity contribution is 8.14. The van der Waals surface area contributed by atoms with Gasteiger partial charge in [0.2, 0.25) is 0 Å². The SMILES string of the molecule is N#Cc1ccc(SC2=NC(Sc3ccc(C#N)cc3)N(Sc3ccc(C#N)cc3)C=N2)cc1. The number of hydrogen-bond acceptors (Lipinski definition) is 9. The first-order chi connectivity index (χ1) is 16.2. The van der Waals surface area contributed by atoms with Crippen molar-refractivity contribution in [2.24, 2.45) is 9.98 Å². The Balaban J connectivity index is 1.55. The van der Waals surface area contributed by atoms with Crippen LogP contribution in [0.25, 0.3) is 0 Å². The standard InChI is InChI=1S/C24H14N6S3/c25-13-17-1-7-20(8-2-17)31-23-28-16-30(33-22-11-5-19(15-27)6-12-22)24(29-23)32-21-9-3-18(14-26)4-10-21/h1-12,16,24H. The van der Waals surface area contributed by atoms with Crippen LogP contribution in [-0.2, 0) is 0 Å². The van der Waals surface area contributed by atoms with Crippen LogP contribution < -0.4 is 0 Å². The minimum atomic E-state index is -0.294. The molecule has 1 heterocycles. The predicted octanol–water partition coefficient (Wildman–Crippen LogP) is 5.88. The van der Waals surface area contributed by atoms with E-state index in [-0.39, 0.29) is 5.50 Å². The van der Waals surface area contributed by atoms with Crippen molar-refractivity contribution in [2.75, 3.05) is 0 Å². The van der Waals surface area contributed by atoms with E-state index in [1.165, 1.54) is 23.7 Å². The molecule has 0 N–H and O–H groups in total. The molecule has 3 aromatic rings. The largest absolute Gasteiger partial charge is 0.269 e. The molecule has 1 aliphatic rings. The van der Waals surface area contributed by atoms with Gasteiger partial charge in [-0.15, -0.1) is 0 Å². The van der Waals surface area contributed by atoms with Gasteiger partial charge in [-0.05, 0) is 84.7 Å². The summed E-state index contributed by atoms with van der Waals surface area (Å²) >= 11 is 4.46. The average Bonchev–Trinajstić information content (AvgIpc) is 2.87. The Morgan fingerprint density at radius 2 is 1.15 bits per heavy atom. The fourth-order valence-corrected chi connectivity index (χ4v) is 5.33. The Morgan fingerprint density at radius 3 is 1.67 bits per heavy atom. The minimum absolute atomic E-state index is 0.294. The zero-order chi connectivity index (χ0) is 23.0. The third-order valence-electron chi connectivity index (χ3n) is 4.33. The lowest BCUT2D eigenvalue weighted by Gasteiger charge is -2.28.